The smallest absolute Gasteiger partial charge is 0.224 e. The fourth-order valence-electron chi connectivity index (χ4n) is 3.22. The van der Waals surface area contributed by atoms with Crippen molar-refractivity contribution in [3.8, 4) is 11.4 Å². The number of halogens is 1. The van der Waals surface area contributed by atoms with E-state index in [2.05, 4.69) is 22.4 Å². The molecule has 0 aliphatic carbocycles. The molecule has 3 rings (SSSR count). The van der Waals surface area contributed by atoms with Crippen LogP contribution in [0.1, 0.15) is 57.7 Å². The first-order valence-corrected chi connectivity index (χ1v) is 9.21. The maximum absolute atomic E-state index is 14.4. The van der Waals surface area contributed by atoms with Crippen LogP contribution in [0, 0.1) is 5.82 Å². The Hall–Kier alpha value is -2.24. The van der Waals surface area contributed by atoms with Crippen molar-refractivity contribution in [2.24, 2.45) is 0 Å². The molecule has 1 aliphatic rings. The predicted octanol–water partition coefficient (Wildman–Crippen LogP) is 4.33. The van der Waals surface area contributed by atoms with Crippen molar-refractivity contribution < 1.29 is 9.18 Å². The Morgan fingerprint density at radius 1 is 1.24 bits per heavy atom. The molecule has 0 spiro atoms. The number of aromatic nitrogens is 3. The zero-order valence-electron chi connectivity index (χ0n) is 14.7. The monoisotopic (exact) mass is 344 g/mol. The summed E-state index contributed by atoms with van der Waals surface area (Å²) in [5.74, 6) is 1.09. The van der Waals surface area contributed by atoms with Gasteiger partial charge in [0.25, 0.3) is 0 Å². The van der Waals surface area contributed by atoms with Gasteiger partial charge >= 0.3 is 0 Å². The van der Waals surface area contributed by atoms with Crippen LogP contribution in [0.2, 0.25) is 0 Å². The topological polar surface area (TPSA) is 59.8 Å². The molecule has 1 amide bonds. The zero-order chi connectivity index (χ0) is 17.6. The molecule has 0 fully saturated rings. The van der Waals surface area contributed by atoms with Crippen LogP contribution in [0.4, 0.5) is 10.1 Å². The fourth-order valence-corrected chi connectivity index (χ4v) is 3.22. The first-order valence-electron chi connectivity index (χ1n) is 9.21. The third kappa shape index (κ3) is 4.24. The second-order valence-electron chi connectivity index (χ2n) is 6.60. The third-order valence-corrected chi connectivity index (χ3v) is 4.61. The van der Waals surface area contributed by atoms with E-state index in [9.17, 15) is 9.18 Å². The van der Waals surface area contributed by atoms with Crippen molar-refractivity contribution in [1.82, 2.24) is 14.8 Å². The fraction of sp³-hybridized carbons (Fsp3) is 0.526. The highest BCUT2D eigenvalue weighted by molar-refractivity contribution is 5.91. The summed E-state index contributed by atoms with van der Waals surface area (Å²) in [6.45, 7) is 2.91. The van der Waals surface area contributed by atoms with Gasteiger partial charge in [-0.1, -0.05) is 26.2 Å². The Bertz CT molecular complexity index is 741. The summed E-state index contributed by atoms with van der Waals surface area (Å²) in [6, 6.07) is 4.64. The first kappa shape index (κ1) is 17.6. The second kappa shape index (κ2) is 8.23. The van der Waals surface area contributed by atoms with E-state index in [4.69, 9.17) is 0 Å². The number of carbonyl (C=O) groups excluding carboxylic acids is 1. The summed E-state index contributed by atoms with van der Waals surface area (Å²) < 4.78 is 16.4. The van der Waals surface area contributed by atoms with Crippen LogP contribution in [-0.4, -0.2) is 20.7 Å². The first-order chi connectivity index (χ1) is 12.2. The molecular weight excluding hydrogens is 319 g/mol. The van der Waals surface area contributed by atoms with E-state index in [0.29, 0.717) is 23.5 Å². The minimum atomic E-state index is -0.344. The molecule has 1 aromatic carbocycles. The molecule has 0 bridgehead atoms. The third-order valence-electron chi connectivity index (χ3n) is 4.61. The van der Waals surface area contributed by atoms with E-state index in [-0.39, 0.29) is 11.7 Å². The Balaban J connectivity index is 1.81. The molecule has 0 atom stereocenters. The van der Waals surface area contributed by atoms with E-state index in [0.717, 1.165) is 57.3 Å². The van der Waals surface area contributed by atoms with E-state index in [1.54, 1.807) is 12.1 Å². The number of aryl methyl sites for hydroxylation is 1. The molecule has 0 radical (unpaired) electrons. The number of fused-ring (bicyclic) bond motifs is 1. The summed E-state index contributed by atoms with van der Waals surface area (Å²) in [5.41, 5.74) is 0.996. The quantitative estimate of drug-likeness (QED) is 0.794. The SMILES string of the molecule is CCCCCC(=O)Nc1ccc(F)c(-c2nnc3n2CCCCC3)c1. The van der Waals surface area contributed by atoms with Crippen LogP contribution in [0.5, 0.6) is 0 Å². The summed E-state index contributed by atoms with van der Waals surface area (Å²) >= 11 is 0. The van der Waals surface area contributed by atoms with Crippen LogP contribution in [0.3, 0.4) is 0 Å². The highest BCUT2D eigenvalue weighted by Crippen LogP contribution is 2.27. The van der Waals surface area contributed by atoms with Crippen molar-refractivity contribution in [2.75, 3.05) is 5.32 Å². The summed E-state index contributed by atoms with van der Waals surface area (Å²) in [7, 11) is 0. The second-order valence-corrected chi connectivity index (χ2v) is 6.60. The van der Waals surface area contributed by atoms with E-state index < -0.39 is 0 Å². The van der Waals surface area contributed by atoms with Crippen LogP contribution in [0.25, 0.3) is 11.4 Å². The lowest BCUT2D eigenvalue weighted by molar-refractivity contribution is -0.116. The van der Waals surface area contributed by atoms with Gasteiger partial charge in [0.05, 0.1) is 5.56 Å². The molecule has 2 heterocycles. The summed E-state index contributed by atoms with van der Waals surface area (Å²) in [6.07, 6.45) is 7.64. The molecular formula is C19H25FN4O. The molecule has 0 saturated carbocycles. The van der Waals surface area contributed by atoms with Gasteiger partial charge < -0.3 is 9.88 Å². The minimum Gasteiger partial charge on any atom is -0.326 e. The Morgan fingerprint density at radius 3 is 2.96 bits per heavy atom. The molecule has 0 unspecified atom stereocenters. The molecule has 2 aromatic rings. The molecule has 1 N–H and O–H groups in total. The van der Waals surface area contributed by atoms with Gasteiger partial charge in [-0.05, 0) is 37.5 Å². The minimum absolute atomic E-state index is 0.0360. The number of nitrogens with one attached hydrogen (secondary N) is 1. The van der Waals surface area contributed by atoms with Crippen molar-refractivity contribution >= 4 is 11.6 Å². The summed E-state index contributed by atoms with van der Waals surface area (Å²) in [4.78, 5) is 12.0. The summed E-state index contributed by atoms with van der Waals surface area (Å²) in [5, 5.41) is 11.3. The van der Waals surface area contributed by atoms with Crippen LogP contribution in [-0.2, 0) is 17.8 Å². The molecule has 134 valence electrons. The zero-order valence-corrected chi connectivity index (χ0v) is 14.7. The number of amides is 1. The molecule has 1 aromatic heterocycles. The number of nitrogens with zero attached hydrogens (tertiary/aromatic N) is 3. The van der Waals surface area contributed by atoms with Gasteiger partial charge in [-0.2, -0.15) is 0 Å². The van der Waals surface area contributed by atoms with E-state index in [1.165, 1.54) is 6.07 Å². The lowest BCUT2D eigenvalue weighted by Crippen LogP contribution is -2.11. The van der Waals surface area contributed by atoms with Gasteiger partial charge in [0, 0.05) is 25.1 Å². The molecule has 6 heteroatoms. The van der Waals surface area contributed by atoms with Crippen molar-refractivity contribution in [3.05, 3.63) is 29.8 Å². The molecule has 0 saturated heterocycles. The van der Waals surface area contributed by atoms with Crippen LogP contribution >= 0.6 is 0 Å². The van der Waals surface area contributed by atoms with Crippen molar-refractivity contribution in [2.45, 2.75) is 64.8 Å². The van der Waals surface area contributed by atoms with Crippen LogP contribution in [0.15, 0.2) is 18.2 Å². The maximum atomic E-state index is 14.4. The molecule has 25 heavy (non-hydrogen) atoms. The number of unbranched alkanes of at least 4 members (excludes halogenated alkanes) is 2. The van der Waals surface area contributed by atoms with E-state index >= 15 is 0 Å². The van der Waals surface area contributed by atoms with Crippen molar-refractivity contribution in [1.29, 1.82) is 0 Å². The van der Waals surface area contributed by atoms with E-state index in [1.807, 2.05) is 4.57 Å². The standard InChI is InChI=1S/C19H25FN4O/c1-2-3-5-9-18(25)21-14-10-11-16(20)15(13-14)19-23-22-17-8-6-4-7-12-24(17)19/h10-11,13H,2-9,12H2,1H3,(H,21,25). The number of hydrogen-bond donors (Lipinski definition) is 1. The maximum Gasteiger partial charge on any atom is 0.224 e. The Morgan fingerprint density at radius 2 is 2.12 bits per heavy atom. The van der Waals surface area contributed by atoms with Gasteiger partial charge in [-0.25, -0.2) is 4.39 Å². The normalized spacial score (nSPS) is 14.0. The van der Waals surface area contributed by atoms with Crippen LogP contribution < -0.4 is 5.32 Å². The van der Waals surface area contributed by atoms with Gasteiger partial charge in [-0.3, -0.25) is 4.79 Å². The highest BCUT2D eigenvalue weighted by atomic mass is 19.1. The van der Waals surface area contributed by atoms with Gasteiger partial charge in [0.2, 0.25) is 5.91 Å². The Labute approximate surface area is 147 Å². The molecule has 1 aliphatic heterocycles. The number of carbonyl (C=O) groups is 1. The number of anilines is 1. The van der Waals surface area contributed by atoms with Gasteiger partial charge in [0.1, 0.15) is 11.6 Å². The number of rotatable bonds is 6. The van der Waals surface area contributed by atoms with Gasteiger partial charge in [0.15, 0.2) is 5.82 Å². The largest absolute Gasteiger partial charge is 0.326 e. The highest BCUT2D eigenvalue weighted by Gasteiger charge is 2.19. The lowest BCUT2D eigenvalue weighted by Gasteiger charge is -2.10. The average Bonchev–Trinajstić information content (AvgIpc) is 2.85. The Kier molecular flexibility index (Phi) is 5.79. The van der Waals surface area contributed by atoms with Gasteiger partial charge in [-0.15, -0.1) is 10.2 Å². The van der Waals surface area contributed by atoms with Crippen molar-refractivity contribution in [3.63, 3.8) is 0 Å². The molecule has 5 nitrogen and oxygen atoms in total. The predicted molar refractivity (Wildman–Crippen MR) is 95.7 cm³/mol. The number of hydrogen-bond acceptors (Lipinski definition) is 3. The number of benzene rings is 1. The average molecular weight is 344 g/mol. The lowest BCUT2D eigenvalue weighted by atomic mass is 10.1.